The molecule has 0 aliphatic rings. The van der Waals surface area contributed by atoms with Crippen LogP contribution < -0.4 is 4.74 Å². The number of hydrogen-bond acceptors (Lipinski definition) is 2. The van der Waals surface area contributed by atoms with E-state index >= 15 is 0 Å². The summed E-state index contributed by atoms with van der Waals surface area (Å²) in [5.41, 5.74) is 1.31. The second kappa shape index (κ2) is 10.9. The second-order valence-electron chi connectivity index (χ2n) is 4.79. The molecule has 0 radical (unpaired) electrons. The van der Waals surface area contributed by atoms with Crippen molar-refractivity contribution in [1.82, 2.24) is 0 Å². The lowest BCUT2D eigenvalue weighted by molar-refractivity contribution is 0.128. The van der Waals surface area contributed by atoms with Crippen molar-refractivity contribution in [1.29, 1.82) is 0 Å². The molecule has 0 unspecified atom stereocenters. The molecular formula is C17H25BrO2. The van der Waals surface area contributed by atoms with Crippen molar-refractivity contribution in [2.75, 3.05) is 19.8 Å². The molecule has 0 atom stereocenters. The van der Waals surface area contributed by atoms with Gasteiger partial charge in [-0.25, -0.2) is 0 Å². The van der Waals surface area contributed by atoms with Crippen LogP contribution in [0.25, 0.3) is 0 Å². The van der Waals surface area contributed by atoms with Crippen molar-refractivity contribution in [2.45, 2.75) is 39.0 Å². The fourth-order valence-electron chi connectivity index (χ4n) is 1.90. The van der Waals surface area contributed by atoms with Gasteiger partial charge in [-0.2, -0.15) is 0 Å². The molecule has 1 aromatic carbocycles. The molecule has 1 rings (SSSR count). The molecule has 0 aliphatic heterocycles. The largest absolute Gasteiger partial charge is 0.488 e. The molecule has 0 heterocycles. The average Bonchev–Trinajstić information content (AvgIpc) is 2.45. The third-order valence-electron chi connectivity index (χ3n) is 3.00. The number of aryl methyl sites for hydroxylation is 1. The lowest BCUT2D eigenvalue weighted by atomic mass is 10.1. The molecule has 112 valence electrons. The van der Waals surface area contributed by atoms with Crippen LogP contribution in [0.2, 0.25) is 0 Å². The number of halogens is 1. The van der Waals surface area contributed by atoms with Gasteiger partial charge in [-0.15, -0.1) is 0 Å². The maximum absolute atomic E-state index is 5.62. The Bertz CT molecular complexity index is 391. The highest BCUT2D eigenvalue weighted by molar-refractivity contribution is 9.10. The van der Waals surface area contributed by atoms with Gasteiger partial charge in [-0.05, 0) is 52.9 Å². The summed E-state index contributed by atoms with van der Waals surface area (Å²) in [5, 5.41) is 0. The molecule has 1 aromatic rings. The summed E-state index contributed by atoms with van der Waals surface area (Å²) in [5.74, 6) is 0.865. The molecule has 0 saturated carbocycles. The van der Waals surface area contributed by atoms with Gasteiger partial charge in [-0.1, -0.05) is 38.5 Å². The van der Waals surface area contributed by atoms with E-state index in [0.29, 0.717) is 6.61 Å². The first-order valence-electron chi connectivity index (χ1n) is 7.37. The number of unbranched alkanes of at least 4 members (excludes halogenated alkanes) is 2. The molecule has 0 spiro atoms. The lowest BCUT2D eigenvalue weighted by Crippen LogP contribution is -1.99. The Hall–Kier alpha value is -0.800. The van der Waals surface area contributed by atoms with Crippen LogP contribution in [0.4, 0.5) is 0 Å². The van der Waals surface area contributed by atoms with E-state index in [4.69, 9.17) is 9.47 Å². The summed E-state index contributed by atoms with van der Waals surface area (Å²) in [6.45, 7) is 8.12. The molecule has 0 amide bonds. The predicted octanol–water partition coefficient (Wildman–Crippen LogP) is 5.15. The van der Waals surface area contributed by atoms with Gasteiger partial charge in [0.2, 0.25) is 0 Å². The summed E-state index contributed by atoms with van der Waals surface area (Å²) in [7, 11) is 0. The highest BCUT2D eigenvalue weighted by Gasteiger charge is 2.02. The quantitative estimate of drug-likeness (QED) is 0.409. The number of hydrogen-bond donors (Lipinski definition) is 0. The Morgan fingerprint density at radius 2 is 2.00 bits per heavy atom. The van der Waals surface area contributed by atoms with Crippen LogP contribution in [0.5, 0.6) is 5.75 Å². The third-order valence-corrected chi connectivity index (χ3v) is 3.62. The third kappa shape index (κ3) is 7.11. The van der Waals surface area contributed by atoms with Crippen molar-refractivity contribution in [2.24, 2.45) is 0 Å². The standard InChI is InChI=1S/C17H25BrO2/c1-3-5-6-12-19-13-7-8-15-9-10-17(16(18)14-15)20-11-4-2/h4,9-10,14H,2-3,5-8,11-13H2,1H3. The van der Waals surface area contributed by atoms with E-state index in [-0.39, 0.29) is 0 Å². The molecule has 0 N–H and O–H groups in total. The zero-order valence-electron chi connectivity index (χ0n) is 12.4. The average molecular weight is 341 g/mol. The van der Waals surface area contributed by atoms with Crippen molar-refractivity contribution >= 4 is 15.9 Å². The van der Waals surface area contributed by atoms with E-state index in [1.54, 1.807) is 6.08 Å². The van der Waals surface area contributed by atoms with Crippen LogP contribution in [0.15, 0.2) is 35.3 Å². The maximum Gasteiger partial charge on any atom is 0.133 e. The molecule has 0 aromatic heterocycles. The van der Waals surface area contributed by atoms with Crippen LogP contribution in [0.3, 0.4) is 0 Å². The van der Waals surface area contributed by atoms with Crippen LogP contribution in [-0.2, 0) is 11.2 Å². The summed E-state index contributed by atoms with van der Waals surface area (Å²) in [6, 6.07) is 6.24. The van der Waals surface area contributed by atoms with E-state index < -0.39 is 0 Å². The van der Waals surface area contributed by atoms with Crippen molar-refractivity contribution in [3.05, 3.63) is 40.9 Å². The topological polar surface area (TPSA) is 18.5 Å². The van der Waals surface area contributed by atoms with E-state index in [0.717, 1.165) is 36.3 Å². The monoisotopic (exact) mass is 340 g/mol. The smallest absolute Gasteiger partial charge is 0.133 e. The zero-order chi connectivity index (χ0) is 14.6. The first-order chi connectivity index (χ1) is 9.77. The van der Waals surface area contributed by atoms with Gasteiger partial charge in [0.25, 0.3) is 0 Å². The van der Waals surface area contributed by atoms with Crippen LogP contribution >= 0.6 is 15.9 Å². The highest BCUT2D eigenvalue weighted by atomic mass is 79.9. The SMILES string of the molecule is C=CCOc1ccc(CCCOCCCCC)cc1Br. The molecule has 0 saturated heterocycles. The van der Waals surface area contributed by atoms with Gasteiger partial charge in [0.1, 0.15) is 12.4 Å². The molecule has 3 heteroatoms. The Morgan fingerprint density at radius 3 is 2.70 bits per heavy atom. The highest BCUT2D eigenvalue weighted by Crippen LogP contribution is 2.26. The minimum atomic E-state index is 0.531. The number of rotatable bonds is 11. The molecule has 0 fully saturated rings. The number of ether oxygens (including phenoxy) is 2. The van der Waals surface area contributed by atoms with Crippen molar-refractivity contribution in [3.63, 3.8) is 0 Å². The van der Waals surface area contributed by atoms with Gasteiger partial charge in [0.05, 0.1) is 4.47 Å². The molecule has 2 nitrogen and oxygen atoms in total. The molecule has 0 bridgehead atoms. The fourth-order valence-corrected chi connectivity index (χ4v) is 2.44. The van der Waals surface area contributed by atoms with E-state index in [9.17, 15) is 0 Å². The second-order valence-corrected chi connectivity index (χ2v) is 5.64. The minimum Gasteiger partial charge on any atom is -0.488 e. The van der Waals surface area contributed by atoms with Crippen LogP contribution in [0, 0.1) is 0 Å². The van der Waals surface area contributed by atoms with Gasteiger partial charge in [0, 0.05) is 13.2 Å². The summed E-state index contributed by atoms with van der Waals surface area (Å²) in [6.07, 6.45) is 7.53. The van der Waals surface area contributed by atoms with Crippen molar-refractivity contribution < 1.29 is 9.47 Å². The molecule has 0 aliphatic carbocycles. The summed E-state index contributed by atoms with van der Waals surface area (Å²) < 4.78 is 12.1. The van der Waals surface area contributed by atoms with E-state index in [2.05, 4.69) is 41.6 Å². The first kappa shape index (κ1) is 17.3. The van der Waals surface area contributed by atoms with Crippen LogP contribution in [-0.4, -0.2) is 19.8 Å². The van der Waals surface area contributed by atoms with E-state index in [1.165, 1.54) is 24.8 Å². The maximum atomic E-state index is 5.62. The Balaban J connectivity index is 2.23. The minimum absolute atomic E-state index is 0.531. The van der Waals surface area contributed by atoms with Crippen molar-refractivity contribution in [3.8, 4) is 5.75 Å². The Morgan fingerprint density at radius 1 is 1.20 bits per heavy atom. The van der Waals surface area contributed by atoms with Crippen LogP contribution in [0.1, 0.15) is 38.2 Å². The van der Waals surface area contributed by atoms with E-state index in [1.807, 2.05) is 6.07 Å². The summed E-state index contributed by atoms with van der Waals surface area (Å²) >= 11 is 3.54. The first-order valence-corrected chi connectivity index (χ1v) is 8.17. The predicted molar refractivity (Wildman–Crippen MR) is 88.5 cm³/mol. The molecular weight excluding hydrogens is 316 g/mol. The number of benzene rings is 1. The fraction of sp³-hybridized carbons (Fsp3) is 0.529. The van der Waals surface area contributed by atoms with Gasteiger partial charge in [-0.3, -0.25) is 0 Å². The van der Waals surface area contributed by atoms with Gasteiger partial charge in [0.15, 0.2) is 0 Å². The van der Waals surface area contributed by atoms with Gasteiger partial charge < -0.3 is 9.47 Å². The Kier molecular flexibility index (Phi) is 9.42. The molecule has 20 heavy (non-hydrogen) atoms. The summed E-state index contributed by atoms with van der Waals surface area (Å²) in [4.78, 5) is 0. The normalized spacial score (nSPS) is 10.5. The Labute approximate surface area is 131 Å². The lowest BCUT2D eigenvalue weighted by Gasteiger charge is -2.08. The van der Waals surface area contributed by atoms with Gasteiger partial charge >= 0.3 is 0 Å². The zero-order valence-corrected chi connectivity index (χ0v) is 14.0.